The van der Waals surface area contributed by atoms with E-state index in [1.807, 2.05) is 24.3 Å². The fourth-order valence-electron chi connectivity index (χ4n) is 2.98. The third-order valence-electron chi connectivity index (χ3n) is 4.58. The third-order valence-corrected chi connectivity index (χ3v) is 5.02. The van der Waals surface area contributed by atoms with E-state index in [9.17, 15) is 4.79 Å². The zero-order valence-corrected chi connectivity index (χ0v) is 16.3. The molecule has 0 bridgehead atoms. The SMILES string of the molecule is CC1[C]C(Cc2ccc(NC(=O)c3cc(Cl)cc(Cl)c3)cc2)COC1C. The first-order valence-electron chi connectivity index (χ1n) is 8.65. The molecule has 3 rings (SSSR count). The lowest BCUT2D eigenvalue weighted by molar-refractivity contribution is -0.0112. The predicted molar refractivity (Wildman–Crippen MR) is 106 cm³/mol. The van der Waals surface area contributed by atoms with E-state index >= 15 is 0 Å². The second-order valence-corrected chi connectivity index (χ2v) is 7.58. The Morgan fingerprint density at radius 1 is 1.15 bits per heavy atom. The first-order chi connectivity index (χ1) is 12.4. The van der Waals surface area contributed by atoms with Crippen LogP contribution in [0, 0.1) is 18.3 Å². The van der Waals surface area contributed by atoms with Crippen molar-refractivity contribution in [2.45, 2.75) is 26.4 Å². The molecule has 0 spiro atoms. The van der Waals surface area contributed by atoms with E-state index in [0.29, 0.717) is 34.1 Å². The molecule has 3 atom stereocenters. The van der Waals surface area contributed by atoms with Crippen molar-refractivity contribution in [3.05, 3.63) is 70.1 Å². The van der Waals surface area contributed by atoms with Gasteiger partial charge in [0.2, 0.25) is 0 Å². The maximum Gasteiger partial charge on any atom is 0.255 e. The van der Waals surface area contributed by atoms with E-state index < -0.39 is 0 Å². The fraction of sp³-hybridized carbons (Fsp3) is 0.333. The van der Waals surface area contributed by atoms with Crippen molar-refractivity contribution in [1.29, 1.82) is 0 Å². The summed E-state index contributed by atoms with van der Waals surface area (Å²) in [6, 6.07) is 12.6. The van der Waals surface area contributed by atoms with Crippen LogP contribution in [0.5, 0.6) is 0 Å². The number of amides is 1. The molecule has 1 fully saturated rings. The van der Waals surface area contributed by atoms with Crippen LogP contribution >= 0.6 is 23.2 Å². The summed E-state index contributed by atoms with van der Waals surface area (Å²) < 4.78 is 5.78. The molecule has 2 aromatic rings. The minimum Gasteiger partial charge on any atom is -0.378 e. The monoisotopic (exact) mass is 389 g/mol. The molecule has 1 N–H and O–H groups in total. The number of benzene rings is 2. The molecule has 0 aromatic heterocycles. The van der Waals surface area contributed by atoms with Crippen LogP contribution < -0.4 is 5.32 Å². The van der Waals surface area contributed by atoms with Crippen LogP contribution in [0.4, 0.5) is 5.69 Å². The van der Waals surface area contributed by atoms with Crippen molar-refractivity contribution in [2.75, 3.05) is 11.9 Å². The Hall–Kier alpha value is -1.55. The first-order valence-corrected chi connectivity index (χ1v) is 9.40. The largest absolute Gasteiger partial charge is 0.378 e. The van der Waals surface area contributed by atoms with Gasteiger partial charge in [-0.05, 0) is 67.5 Å². The van der Waals surface area contributed by atoms with Gasteiger partial charge >= 0.3 is 0 Å². The highest BCUT2D eigenvalue weighted by atomic mass is 35.5. The van der Waals surface area contributed by atoms with Crippen LogP contribution in [0.2, 0.25) is 10.0 Å². The summed E-state index contributed by atoms with van der Waals surface area (Å²) in [4.78, 5) is 12.3. The van der Waals surface area contributed by atoms with E-state index in [2.05, 4.69) is 25.6 Å². The zero-order valence-electron chi connectivity index (χ0n) is 14.8. The average Bonchev–Trinajstić information content (AvgIpc) is 2.59. The van der Waals surface area contributed by atoms with Gasteiger partial charge in [0.15, 0.2) is 0 Å². The second-order valence-electron chi connectivity index (χ2n) is 6.70. The highest BCUT2D eigenvalue weighted by Crippen LogP contribution is 2.26. The molecule has 136 valence electrons. The molecule has 3 nitrogen and oxygen atoms in total. The molecular weight excluding hydrogens is 369 g/mol. The summed E-state index contributed by atoms with van der Waals surface area (Å²) in [5, 5.41) is 3.73. The Labute approximate surface area is 164 Å². The van der Waals surface area contributed by atoms with Gasteiger partial charge in [-0.3, -0.25) is 4.79 Å². The fourth-order valence-corrected chi connectivity index (χ4v) is 3.51. The minimum atomic E-state index is -0.243. The number of ether oxygens (including phenoxy) is 1. The Balaban J connectivity index is 1.60. The molecule has 2 radical (unpaired) electrons. The van der Waals surface area contributed by atoms with E-state index in [1.54, 1.807) is 18.2 Å². The lowest BCUT2D eigenvalue weighted by Gasteiger charge is -2.31. The number of anilines is 1. The summed E-state index contributed by atoms with van der Waals surface area (Å²) in [6.07, 6.45) is 4.70. The highest BCUT2D eigenvalue weighted by Gasteiger charge is 2.25. The maximum absolute atomic E-state index is 12.3. The molecule has 1 aliphatic heterocycles. The van der Waals surface area contributed by atoms with Crippen molar-refractivity contribution in [3.8, 4) is 0 Å². The van der Waals surface area contributed by atoms with Gasteiger partial charge in [0.25, 0.3) is 5.91 Å². The van der Waals surface area contributed by atoms with Crippen LogP contribution in [-0.4, -0.2) is 18.6 Å². The topological polar surface area (TPSA) is 38.3 Å². The Bertz CT molecular complexity index is 756. The summed E-state index contributed by atoms with van der Waals surface area (Å²) >= 11 is 11.9. The maximum atomic E-state index is 12.3. The first kappa shape index (κ1) is 19.2. The van der Waals surface area contributed by atoms with Gasteiger partial charge in [-0.15, -0.1) is 0 Å². The standard InChI is InChI=1S/C21H21Cl2NO2/c1-13-7-16(12-26-14(13)2)8-15-3-5-20(6-4-15)24-21(25)17-9-18(22)11-19(23)10-17/h3-6,9-11,13-14,16H,8,12H2,1-2H3,(H,24,25). The van der Waals surface area contributed by atoms with E-state index in [-0.39, 0.29) is 12.0 Å². The number of hydrogen-bond acceptors (Lipinski definition) is 2. The van der Waals surface area contributed by atoms with Gasteiger partial charge < -0.3 is 10.1 Å². The molecular formula is C21H21Cl2NO2. The molecule has 1 aliphatic rings. The number of rotatable bonds is 4. The summed E-state index contributed by atoms with van der Waals surface area (Å²) in [5.41, 5.74) is 2.35. The quantitative estimate of drug-likeness (QED) is 0.744. The Morgan fingerprint density at radius 3 is 2.42 bits per heavy atom. The Kier molecular flexibility index (Phi) is 6.23. The summed E-state index contributed by atoms with van der Waals surface area (Å²) in [5.74, 6) is 0.402. The number of hydrogen-bond donors (Lipinski definition) is 1. The molecule has 3 unspecified atom stereocenters. The molecule has 1 saturated heterocycles. The van der Waals surface area contributed by atoms with Crippen molar-refractivity contribution in [1.82, 2.24) is 0 Å². The lowest BCUT2D eigenvalue weighted by atomic mass is 9.86. The number of halogens is 2. The van der Waals surface area contributed by atoms with Crippen LogP contribution in [0.1, 0.15) is 29.8 Å². The number of nitrogens with one attached hydrogen (secondary N) is 1. The van der Waals surface area contributed by atoms with Gasteiger partial charge in [0.05, 0.1) is 12.7 Å². The molecule has 0 aliphatic carbocycles. The molecule has 2 aromatic carbocycles. The lowest BCUT2D eigenvalue weighted by Crippen LogP contribution is -2.32. The normalized spacial score (nSPS) is 22.8. The van der Waals surface area contributed by atoms with Crippen LogP contribution in [0.25, 0.3) is 0 Å². The number of carbonyl (C=O) groups excluding carboxylic acids is 1. The highest BCUT2D eigenvalue weighted by molar-refractivity contribution is 6.35. The predicted octanol–water partition coefficient (Wildman–Crippen LogP) is 5.54. The average molecular weight is 390 g/mol. The van der Waals surface area contributed by atoms with Crippen molar-refractivity contribution in [3.63, 3.8) is 0 Å². The van der Waals surface area contributed by atoms with Crippen LogP contribution in [0.3, 0.4) is 0 Å². The van der Waals surface area contributed by atoms with Crippen molar-refractivity contribution < 1.29 is 9.53 Å². The van der Waals surface area contributed by atoms with Crippen molar-refractivity contribution in [2.24, 2.45) is 11.8 Å². The second kappa shape index (κ2) is 8.43. The van der Waals surface area contributed by atoms with Crippen LogP contribution in [-0.2, 0) is 11.2 Å². The van der Waals surface area contributed by atoms with Gasteiger partial charge in [0, 0.05) is 21.3 Å². The Morgan fingerprint density at radius 2 is 1.81 bits per heavy atom. The molecule has 1 heterocycles. The number of carbonyl (C=O) groups is 1. The minimum absolute atomic E-state index is 0.240. The van der Waals surface area contributed by atoms with Crippen molar-refractivity contribution >= 4 is 34.8 Å². The van der Waals surface area contributed by atoms with E-state index in [4.69, 9.17) is 27.9 Å². The summed E-state index contributed by atoms with van der Waals surface area (Å²) in [7, 11) is 0. The smallest absolute Gasteiger partial charge is 0.255 e. The van der Waals surface area contributed by atoms with E-state index in [1.165, 1.54) is 5.56 Å². The molecule has 5 heteroatoms. The van der Waals surface area contributed by atoms with Gasteiger partial charge in [-0.2, -0.15) is 0 Å². The van der Waals surface area contributed by atoms with E-state index in [0.717, 1.165) is 12.1 Å². The van der Waals surface area contributed by atoms with Crippen LogP contribution in [0.15, 0.2) is 42.5 Å². The molecule has 0 saturated carbocycles. The summed E-state index contributed by atoms with van der Waals surface area (Å²) in [6.45, 7) is 4.93. The third kappa shape index (κ3) is 5.00. The van der Waals surface area contributed by atoms with Gasteiger partial charge in [-0.25, -0.2) is 0 Å². The van der Waals surface area contributed by atoms with Gasteiger partial charge in [0.1, 0.15) is 0 Å². The van der Waals surface area contributed by atoms with Gasteiger partial charge in [-0.1, -0.05) is 42.3 Å². The zero-order chi connectivity index (χ0) is 18.7. The molecule has 1 amide bonds. The molecule has 26 heavy (non-hydrogen) atoms.